The number of carbonyl (C=O) groups excluding carboxylic acids is 11. The summed E-state index contributed by atoms with van der Waals surface area (Å²) in [6.45, 7) is 28.6. The van der Waals surface area contributed by atoms with Crippen LogP contribution in [-0.4, -0.2) is 236 Å². The minimum atomic E-state index is -1.81. The minimum Gasteiger partial charge on any atom is -0.450 e. The van der Waals surface area contributed by atoms with E-state index >= 15 is 14.4 Å². The highest BCUT2D eigenvalue weighted by molar-refractivity contribution is 5.99. The number of likely N-dealkylation sites (N-methyl/N-ethyl adjacent to an activating group) is 6. The van der Waals surface area contributed by atoms with Crippen LogP contribution in [0, 0.1) is 47.3 Å². The van der Waals surface area contributed by atoms with Gasteiger partial charge in [-0.15, -0.1) is 0 Å². The van der Waals surface area contributed by atoms with Crippen molar-refractivity contribution in [1.82, 2.24) is 60.6 Å². The molecule has 0 aliphatic carbocycles. The predicted molar refractivity (Wildman–Crippen MR) is 353 cm³/mol. The molecule has 2 rings (SSSR count). The third-order valence-electron chi connectivity index (χ3n) is 16.7. The Bertz CT molecular complexity index is 2710. The van der Waals surface area contributed by atoms with E-state index in [1.807, 2.05) is 69.2 Å². The highest BCUT2D eigenvalue weighted by Crippen LogP contribution is 2.25. The van der Waals surface area contributed by atoms with E-state index in [1.54, 1.807) is 65.2 Å². The molecule has 1 saturated heterocycles. The number of hydrogen-bond acceptors (Lipinski definition) is 16. The van der Waals surface area contributed by atoms with Gasteiger partial charge in [0.2, 0.25) is 53.2 Å². The van der Waals surface area contributed by atoms with Crippen LogP contribution in [-0.2, 0) is 57.5 Å². The SMILES string of the molecule is CC(C)C[C@@H]1C(=O)N[C@H](CC(C)C)C(=O)N(C)[C@H](C(C)C)C(=O)N(C)[C@H]([C@H](O)[C@H](C)C/C=C/c2ncccn2)C(=O)N[C@H]([C@@H](C)O)C(=O)N(C)CC(=O)N(C)[C@@H](CC(C)C)C(=O)N[C@H](CC(C)C)C(=O)N(C)[C@H](CC(C)C)C(=O)N[C@H](C)C(=O)O[C@@H](C(C)C)C(=O)N1C. The lowest BCUT2D eigenvalue weighted by atomic mass is 9.91. The van der Waals surface area contributed by atoms with Gasteiger partial charge in [0.15, 0.2) is 11.9 Å². The molecule has 6 N–H and O–H groups in total. The van der Waals surface area contributed by atoms with E-state index in [0.717, 1.165) is 14.7 Å². The number of nitrogens with zero attached hydrogens (tertiary/aromatic N) is 8. The first-order chi connectivity index (χ1) is 43.1. The summed E-state index contributed by atoms with van der Waals surface area (Å²) in [5.41, 5.74) is 0. The number of amides is 10. The van der Waals surface area contributed by atoms with Gasteiger partial charge in [0.1, 0.15) is 54.4 Å². The molecule has 1 fully saturated rings. The Morgan fingerprint density at radius 3 is 1.35 bits per heavy atom. The van der Waals surface area contributed by atoms with E-state index in [-0.39, 0.29) is 68.1 Å². The summed E-state index contributed by atoms with van der Waals surface area (Å²) in [7, 11) is 8.07. The fourth-order valence-corrected chi connectivity index (χ4v) is 11.3. The van der Waals surface area contributed by atoms with Gasteiger partial charge in [-0.3, -0.25) is 47.9 Å². The number of esters is 1. The van der Waals surface area contributed by atoms with Crippen LogP contribution in [0.3, 0.4) is 0 Å². The second kappa shape index (κ2) is 37.7. The summed E-state index contributed by atoms with van der Waals surface area (Å²) in [5, 5.41) is 34.6. The largest absolute Gasteiger partial charge is 0.450 e. The van der Waals surface area contributed by atoms with Crippen LogP contribution in [0.4, 0.5) is 0 Å². The van der Waals surface area contributed by atoms with E-state index in [2.05, 4.69) is 31.2 Å². The van der Waals surface area contributed by atoms with Crippen LogP contribution in [0.1, 0.15) is 162 Å². The predicted octanol–water partition coefficient (Wildman–Crippen LogP) is 3.28. The number of hydrogen-bond donors (Lipinski definition) is 6. The fourth-order valence-electron chi connectivity index (χ4n) is 11.3. The van der Waals surface area contributed by atoms with E-state index in [1.165, 1.54) is 70.8 Å². The molecule has 1 aromatic rings. The highest BCUT2D eigenvalue weighted by Gasteiger charge is 2.46. The van der Waals surface area contributed by atoms with E-state index in [0.29, 0.717) is 5.82 Å². The number of aliphatic hydroxyl groups is 2. The molecule has 1 aromatic heterocycles. The van der Waals surface area contributed by atoms with E-state index in [9.17, 15) is 48.6 Å². The summed E-state index contributed by atoms with van der Waals surface area (Å²) in [6, 6.07) is -10.8. The number of nitrogens with one attached hydrogen (secondary N) is 4. The molecule has 1 aliphatic heterocycles. The van der Waals surface area contributed by atoms with Crippen molar-refractivity contribution in [3.8, 4) is 0 Å². The number of rotatable bonds is 18. The molecule has 1 aliphatic rings. The molecular formula is C67H114N12O14. The minimum absolute atomic E-state index is 0.0631. The van der Waals surface area contributed by atoms with Crippen LogP contribution in [0.2, 0.25) is 0 Å². The van der Waals surface area contributed by atoms with Gasteiger partial charge in [0.05, 0.1) is 18.8 Å². The molecule has 10 amide bonds. The summed E-state index contributed by atoms with van der Waals surface area (Å²) < 4.78 is 5.90. The maximum atomic E-state index is 15.3. The average Bonchev–Trinajstić information content (AvgIpc) is 0.837. The van der Waals surface area contributed by atoms with Gasteiger partial charge in [-0.05, 0) is 112 Å². The van der Waals surface area contributed by atoms with Crippen molar-refractivity contribution in [1.29, 1.82) is 0 Å². The molecule has 2 heterocycles. The standard InChI is InChI=1S/C67H114N12O14/c1-36(2)30-46-62(87)76(20)49(33-39(7)8)58(83)70-44(16)67(92)93-57(42(13)14)66(91)77(21)50(34-40(9)10)60(85)72-47(31-37(3)4)63(88)78(22)54(41(11)12)65(90)79(23)55(56(82)43(15)26-24-27-51-68-28-25-29-69-51)61(86)73-53(45(17)80)64(89)74(18)35-52(81)75(19)48(32-38(5)6)59(84)71-46/h24-25,27-29,36-50,53-57,80,82H,26,30-35H2,1-23H3,(H,70,83)(H,71,84)(H,72,85)(H,73,86)/b27-24+/t43-,44-,45-,46-,47-,48+,49-,50-,53-,54-,55-,56-,57+/m1/s1. The molecule has 0 aromatic carbocycles. The summed E-state index contributed by atoms with van der Waals surface area (Å²) in [5.74, 6) is -11.6. The van der Waals surface area contributed by atoms with Crippen molar-refractivity contribution < 1.29 is 67.7 Å². The molecule has 0 saturated carbocycles. The van der Waals surface area contributed by atoms with Gasteiger partial charge < -0.3 is 65.6 Å². The van der Waals surface area contributed by atoms with Gasteiger partial charge in [0, 0.05) is 54.7 Å². The van der Waals surface area contributed by atoms with Gasteiger partial charge in [-0.25, -0.2) is 14.8 Å². The molecule has 13 atom stereocenters. The first kappa shape index (κ1) is 82.0. The molecule has 0 spiro atoms. The third kappa shape index (κ3) is 24.3. The van der Waals surface area contributed by atoms with Crippen molar-refractivity contribution in [2.24, 2.45) is 47.3 Å². The number of ether oxygens (including phenoxy) is 1. The summed E-state index contributed by atoms with van der Waals surface area (Å²) in [6.07, 6.45) is 2.17. The Morgan fingerprint density at radius 1 is 0.505 bits per heavy atom. The smallest absolute Gasteiger partial charge is 0.329 e. The monoisotopic (exact) mass is 1310 g/mol. The van der Waals surface area contributed by atoms with Crippen molar-refractivity contribution in [3.05, 3.63) is 30.4 Å². The Balaban J connectivity index is 3.04. The van der Waals surface area contributed by atoms with Gasteiger partial charge in [-0.2, -0.15) is 0 Å². The third-order valence-corrected chi connectivity index (χ3v) is 16.7. The van der Waals surface area contributed by atoms with Crippen LogP contribution in [0.25, 0.3) is 6.08 Å². The van der Waals surface area contributed by atoms with Crippen molar-refractivity contribution in [2.45, 2.75) is 229 Å². The zero-order chi connectivity index (χ0) is 71.4. The Hall–Kier alpha value is -7.09. The maximum Gasteiger partial charge on any atom is 0.329 e. The topological polar surface area (TPSA) is 331 Å². The number of allylic oxidation sites excluding steroid dienone is 1. The Kier molecular flexibility index (Phi) is 33.3. The lowest BCUT2D eigenvalue weighted by molar-refractivity contribution is -0.166. The number of aliphatic hydroxyl groups excluding tert-OH is 2. The lowest BCUT2D eigenvalue weighted by Crippen LogP contribution is -2.64. The van der Waals surface area contributed by atoms with Crippen LogP contribution in [0.5, 0.6) is 0 Å². The molecule has 26 heteroatoms. The van der Waals surface area contributed by atoms with Gasteiger partial charge in [0.25, 0.3) is 5.91 Å². The Labute approximate surface area is 552 Å². The molecule has 0 unspecified atom stereocenters. The van der Waals surface area contributed by atoms with Gasteiger partial charge >= 0.3 is 5.97 Å². The average molecular weight is 1310 g/mol. The number of carbonyl (C=O) groups is 11. The molecule has 26 nitrogen and oxygen atoms in total. The lowest BCUT2D eigenvalue weighted by Gasteiger charge is -2.40. The molecule has 0 radical (unpaired) electrons. The van der Waals surface area contributed by atoms with Gasteiger partial charge in [-0.1, -0.05) is 110 Å². The molecule has 93 heavy (non-hydrogen) atoms. The van der Waals surface area contributed by atoms with E-state index < -0.39 is 162 Å². The number of aromatic nitrogens is 2. The summed E-state index contributed by atoms with van der Waals surface area (Å²) in [4.78, 5) is 177. The van der Waals surface area contributed by atoms with E-state index in [4.69, 9.17) is 4.74 Å². The number of cyclic esters (lactones) is 1. The van der Waals surface area contributed by atoms with Crippen LogP contribution >= 0.6 is 0 Å². The maximum absolute atomic E-state index is 15.3. The fraction of sp³-hybridized carbons (Fsp3) is 0.746. The zero-order valence-electron chi connectivity index (χ0n) is 59.8. The van der Waals surface area contributed by atoms with Crippen molar-refractivity contribution >= 4 is 71.1 Å². The molecule has 0 bridgehead atoms. The highest BCUT2D eigenvalue weighted by atomic mass is 16.6. The first-order valence-electron chi connectivity index (χ1n) is 32.9. The zero-order valence-corrected chi connectivity index (χ0v) is 59.8. The van der Waals surface area contributed by atoms with Crippen LogP contribution < -0.4 is 21.3 Å². The molecule has 526 valence electrons. The summed E-state index contributed by atoms with van der Waals surface area (Å²) >= 11 is 0. The Morgan fingerprint density at radius 2 is 0.925 bits per heavy atom. The second-order valence-electron chi connectivity index (χ2n) is 28.2. The quantitative estimate of drug-likeness (QED) is 0.115. The van der Waals surface area contributed by atoms with Crippen molar-refractivity contribution in [3.63, 3.8) is 0 Å². The van der Waals surface area contributed by atoms with Crippen LogP contribution in [0.15, 0.2) is 24.5 Å². The first-order valence-corrected chi connectivity index (χ1v) is 32.9. The molecular weight excluding hydrogens is 1200 g/mol. The van der Waals surface area contributed by atoms with Crippen molar-refractivity contribution in [2.75, 3.05) is 48.8 Å². The second-order valence-corrected chi connectivity index (χ2v) is 28.2. The normalized spacial score (nSPS) is 25.9.